The van der Waals surface area contributed by atoms with Gasteiger partial charge in [0.05, 0.1) is 16.1 Å². The third-order valence-electron chi connectivity index (χ3n) is 4.85. The number of ether oxygens (including phenoxy) is 1. The molecule has 3 rings (SSSR count). The zero-order valence-electron chi connectivity index (χ0n) is 17.8. The number of nitrogens with one attached hydrogen (secondary N) is 1. The zero-order chi connectivity index (χ0) is 23.8. The maximum Gasteiger partial charge on any atom is 0.335 e. The highest BCUT2D eigenvalue weighted by Crippen LogP contribution is 2.28. The summed E-state index contributed by atoms with van der Waals surface area (Å²) in [6, 6.07) is 22.9. The second-order valence-electron chi connectivity index (χ2n) is 7.26. The first-order chi connectivity index (χ1) is 15.9. The maximum absolute atomic E-state index is 12.6. The van der Waals surface area contributed by atoms with E-state index in [1.54, 1.807) is 36.4 Å². The van der Waals surface area contributed by atoms with Crippen LogP contribution in [0.1, 0.15) is 40.0 Å². The number of nitrogens with zero attached hydrogens (tertiary/aromatic N) is 1. The third-order valence-corrected chi connectivity index (χ3v) is 5.47. The minimum atomic E-state index is -0.996. The van der Waals surface area contributed by atoms with Gasteiger partial charge in [0.2, 0.25) is 0 Å². The molecule has 1 atom stereocenters. The molecule has 6 nitrogen and oxygen atoms in total. The molecule has 1 amide bonds. The van der Waals surface area contributed by atoms with Gasteiger partial charge in [-0.25, -0.2) is 4.79 Å². The maximum atomic E-state index is 12.6. The van der Waals surface area contributed by atoms with Gasteiger partial charge in [0.15, 0.2) is 0 Å². The van der Waals surface area contributed by atoms with Crippen LogP contribution >= 0.6 is 15.9 Å². The summed E-state index contributed by atoms with van der Waals surface area (Å²) in [6.45, 7) is 2.05. The Labute approximate surface area is 200 Å². The molecule has 0 heterocycles. The number of benzene rings is 3. The van der Waals surface area contributed by atoms with Crippen LogP contribution in [-0.2, 0) is 11.4 Å². The Morgan fingerprint density at radius 1 is 1.12 bits per heavy atom. The predicted molar refractivity (Wildman–Crippen MR) is 128 cm³/mol. The summed E-state index contributed by atoms with van der Waals surface area (Å²) in [5.41, 5.74) is 2.51. The lowest BCUT2D eigenvalue weighted by atomic mass is 10.1. The molecule has 2 N–H and O–H groups in total. The van der Waals surface area contributed by atoms with Crippen LogP contribution in [0.25, 0.3) is 6.08 Å². The van der Waals surface area contributed by atoms with Gasteiger partial charge in [0.25, 0.3) is 5.91 Å². The highest BCUT2D eigenvalue weighted by atomic mass is 79.9. The molecule has 7 heteroatoms. The zero-order valence-corrected chi connectivity index (χ0v) is 19.4. The van der Waals surface area contributed by atoms with Crippen molar-refractivity contribution in [2.45, 2.75) is 19.6 Å². The fraction of sp³-hybridized carbons (Fsp3) is 0.115. The molecule has 0 aliphatic rings. The number of hydrogen-bond donors (Lipinski definition) is 2. The lowest BCUT2D eigenvalue weighted by Crippen LogP contribution is -2.27. The van der Waals surface area contributed by atoms with Crippen molar-refractivity contribution in [1.29, 1.82) is 5.26 Å². The van der Waals surface area contributed by atoms with Crippen LogP contribution in [0.3, 0.4) is 0 Å². The van der Waals surface area contributed by atoms with E-state index in [-0.39, 0.29) is 23.8 Å². The molecule has 3 aromatic carbocycles. The molecule has 0 aliphatic heterocycles. The first-order valence-corrected chi connectivity index (χ1v) is 10.9. The van der Waals surface area contributed by atoms with Crippen LogP contribution in [0.4, 0.5) is 0 Å². The van der Waals surface area contributed by atoms with Crippen LogP contribution in [0.2, 0.25) is 0 Å². The largest absolute Gasteiger partial charge is 0.488 e. The number of hydrogen-bond acceptors (Lipinski definition) is 4. The Hall–Kier alpha value is -3.89. The minimum absolute atomic E-state index is 0.0103. The standard InChI is InChI=1S/C26H21BrN2O4/c1-17(20-7-3-2-4-8-20)29-25(30)22(15-28)12-18-10-11-24(23(27)14-18)33-16-19-6-5-9-21(13-19)26(31)32/h2-14,17H,16H2,1H3,(H,29,30)(H,31,32)/b22-12-/t17-/m1/s1. The highest BCUT2D eigenvalue weighted by Gasteiger charge is 2.14. The fourth-order valence-corrected chi connectivity index (χ4v) is 3.60. The first-order valence-electron chi connectivity index (χ1n) is 10.1. The molecule has 0 spiro atoms. The summed E-state index contributed by atoms with van der Waals surface area (Å²) >= 11 is 3.45. The Bertz CT molecular complexity index is 1230. The van der Waals surface area contributed by atoms with Crippen molar-refractivity contribution in [2.24, 2.45) is 0 Å². The molecule has 166 valence electrons. The summed E-state index contributed by atoms with van der Waals surface area (Å²) in [7, 11) is 0. The molecule has 0 aliphatic carbocycles. The van der Waals surface area contributed by atoms with Crippen molar-refractivity contribution in [3.63, 3.8) is 0 Å². The monoisotopic (exact) mass is 504 g/mol. The molecule has 0 radical (unpaired) electrons. The SMILES string of the molecule is C[C@@H](NC(=O)/C(C#N)=C\c1ccc(OCc2cccc(C(=O)O)c2)c(Br)c1)c1ccccc1. The molecule has 0 fully saturated rings. The first kappa shape index (κ1) is 23.8. The number of carbonyl (C=O) groups excluding carboxylic acids is 1. The fourth-order valence-electron chi connectivity index (χ4n) is 3.09. The average Bonchev–Trinajstić information content (AvgIpc) is 2.82. The minimum Gasteiger partial charge on any atom is -0.488 e. The van der Waals surface area contributed by atoms with E-state index in [2.05, 4.69) is 21.2 Å². The molecule has 0 saturated heterocycles. The van der Waals surface area contributed by atoms with Gasteiger partial charge >= 0.3 is 5.97 Å². The second-order valence-corrected chi connectivity index (χ2v) is 8.11. The van der Waals surface area contributed by atoms with Crippen molar-refractivity contribution in [2.75, 3.05) is 0 Å². The van der Waals surface area contributed by atoms with E-state index in [4.69, 9.17) is 9.84 Å². The summed E-state index contributed by atoms with van der Waals surface area (Å²) < 4.78 is 6.43. The molecule has 0 aromatic heterocycles. The van der Waals surface area contributed by atoms with Gasteiger partial charge in [-0.15, -0.1) is 0 Å². The topological polar surface area (TPSA) is 99.4 Å². The number of carbonyl (C=O) groups is 2. The summed E-state index contributed by atoms with van der Waals surface area (Å²) in [5.74, 6) is -0.901. The number of halogens is 1. The smallest absolute Gasteiger partial charge is 0.335 e. The lowest BCUT2D eigenvalue weighted by molar-refractivity contribution is -0.117. The number of aromatic carboxylic acids is 1. The number of nitriles is 1. The molecule has 33 heavy (non-hydrogen) atoms. The number of amides is 1. The van der Waals surface area contributed by atoms with Gasteiger partial charge in [-0.3, -0.25) is 4.79 Å². The third kappa shape index (κ3) is 6.55. The molecule has 0 bridgehead atoms. The van der Waals surface area contributed by atoms with Gasteiger partial charge in [-0.2, -0.15) is 5.26 Å². The van der Waals surface area contributed by atoms with E-state index in [1.165, 1.54) is 12.1 Å². The Morgan fingerprint density at radius 3 is 2.55 bits per heavy atom. The van der Waals surface area contributed by atoms with Crippen molar-refractivity contribution in [1.82, 2.24) is 5.32 Å². The van der Waals surface area contributed by atoms with Gasteiger partial charge in [-0.1, -0.05) is 48.5 Å². The molecule has 0 unspecified atom stereocenters. The van der Waals surface area contributed by atoms with Crippen molar-refractivity contribution >= 4 is 33.9 Å². The van der Waals surface area contributed by atoms with Crippen molar-refractivity contribution < 1.29 is 19.4 Å². The lowest BCUT2D eigenvalue weighted by Gasteiger charge is -2.14. The van der Waals surface area contributed by atoms with Crippen LogP contribution in [0.15, 0.2) is 82.8 Å². The molecule has 0 saturated carbocycles. The molecule has 3 aromatic rings. The second kappa shape index (κ2) is 11.1. The van der Waals surface area contributed by atoms with E-state index >= 15 is 0 Å². The van der Waals surface area contributed by atoms with Crippen molar-refractivity contribution in [3.8, 4) is 11.8 Å². The van der Waals surface area contributed by atoms with Crippen molar-refractivity contribution in [3.05, 3.63) is 105 Å². The summed E-state index contributed by atoms with van der Waals surface area (Å²) in [6.07, 6.45) is 1.51. The van der Waals surface area contributed by atoms with Gasteiger partial charge in [-0.05, 0) is 69.9 Å². The Balaban J connectivity index is 1.68. The number of carboxylic acids is 1. The van der Waals surface area contributed by atoms with Crippen LogP contribution < -0.4 is 10.1 Å². The quantitative estimate of drug-likeness (QED) is 0.311. The molecular formula is C26H21BrN2O4. The van der Waals surface area contributed by atoms with E-state index in [9.17, 15) is 14.9 Å². The highest BCUT2D eigenvalue weighted by molar-refractivity contribution is 9.10. The van der Waals surface area contributed by atoms with E-state index < -0.39 is 11.9 Å². The van der Waals surface area contributed by atoms with Gasteiger partial charge in [0.1, 0.15) is 24.0 Å². The normalized spacial score (nSPS) is 11.8. The van der Waals surface area contributed by atoms with E-state index in [0.717, 1.165) is 11.1 Å². The van der Waals surface area contributed by atoms with E-state index in [0.29, 0.717) is 15.8 Å². The molecular weight excluding hydrogens is 484 g/mol. The van der Waals surface area contributed by atoms with Gasteiger partial charge < -0.3 is 15.2 Å². The summed E-state index contributed by atoms with van der Waals surface area (Å²) in [4.78, 5) is 23.7. The Morgan fingerprint density at radius 2 is 1.88 bits per heavy atom. The predicted octanol–water partition coefficient (Wildman–Crippen LogP) is 5.51. The van der Waals surface area contributed by atoms with Crippen LogP contribution in [-0.4, -0.2) is 17.0 Å². The van der Waals surface area contributed by atoms with Gasteiger partial charge in [0, 0.05) is 0 Å². The Kier molecular flexibility index (Phi) is 8.01. The van der Waals surface area contributed by atoms with Crippen LogP contribution in [0, 0.1) is 11.3 Å². The average molecular weight is 505 g/mol. The number of rotatable bonds is 8. The van der Waals surface area contributed by atoms with Crippen LogP contribution in [0.5, 0.6) is 5.75 Å². The summed E-state index contributed by atoms with van der Waals surface area (Å²) in [5, 5.41) is 21.4. The van der Waals surface area contributed by atoms with E-state index in [1.807, 2.05) is 43.3 Å². The number of carboxylic acid groups (broad SMARTS) is 1.